The largest absolute Gasteiger partial charge is 0.378 e. The third-order valence-electron chi connectivity index (χ3n) is 5.81. The molecule has 0 bridgehead atoms. The molecule has 33 heavy (non-hydrogen) atoms. The molecule has 3 aromatic rings. The maximum absolute atomic E-state index is 13.3. The smallest absolute Gasteiger partial charge is 0.242 e. The van der Waals surface area contributed by atoms with E-state index in [1.807, 2.05) is 44.4 Å². The molecule has 4 rings (SSSR count). The van der Waals surface area contributed by atoms with Crippen molar-refractivity contribution in [1.29, 1.82) is 0 Å². The van der Waals surface area contributed by atoms with Gasteiger partial charge in [-0.05, 0) is 40.5 Å². The van der Waals surface area contributed by atoms with Crippen LogP contribution in [0.2, 0.25) is 0 Å². The van der Waals surface area contributed by atoms with Gasteiger partial charge in [0.2, 0.25) is 5.91 Å². The number of fused-ring (bicyclic) bond motifs is 1. The molecule has 1 atom stereocenters. The van der Waals surface area contributed by atoms with Gasteiger partial charge in [-0.15, -0.1) is 5.10 Å². The van der Waals surface area contributed by atoms with Crippen LogP contribution in [0.15, 0.2) is 76.9 Å². The van der Waals surface area contributed by atoms with Crippen molar-refractivity contribution in [3.8, 4) is 0 Å². The number of benzene rings is 3. The molecular weight excluding hydrogens is 428 g/mol. The first-order chi connectivity index (χ1) is 16.1. The highest BCUT2D eigenvalue weighted by Gasteiger charge is 2.37. The number of nitrogens with zero attached hydrogens (tertiary/aromatic N) is 4. The molecule has 1 amide bonds. The number of unbranched alkanes of at least 4 members (excludes halogenated alkanes) is 1. The number of hydrogen-bond donors (Lipinski definition) is 0. The summed E-state index contributed by atoms with van der Waals surface area (Å²) in [6, 6.07) is 22.7. The quantitative estimate of drug-likeness (QED) is 0.310. The molecule has 0 spiro atoms. The number of carbonyl (C=O) groups excluding carboxylic acids is 1. The van der Waals surface area contributed by atoms with Gasteiger partial charge in [0, 0.05) is 19.8 Å². The summed E-state index contributed by atoms with van der Waals surface area (Å²) in [5.41, 5.74) is 3.23. The highest BCUT2D eigenvalue weighted by Crippen LogP contribution is 2.33. The fraction of sp³-hybridized carbons (Fsp3) is 0.296. The van der Waals surface area contributed by atoms with E-state index in [0.29, 0.717) is 11.7 Å². The topological polar surface area (TPSA) is 48.3 Å². The van der Waals surface area contributed by atoms with Crippen LogP contribution >= 0.6 is 11.8 Å². The van der Waals surface area contributed by atoms with Crippen molar-refractivity contribution in [3.05, 3.63) is 77.9 Å². The van der Waals surface area contributed by atoms with E-state index >= 15 is 0 Å². The standard InChI is InChI=1S/C27H30N4OS/c1-4-5-13-25-26(32)31(19-22-11-8-10-21-9-6-7-12-24(21)22)27(33-25)29-28-18-20-14-16-23(17-15-20)30(2)3/h6-12,14-18,25H,4-5,13,19H2,1-3H3/b28-18+,29-27-. The molecule has 5 nitrogen and oxygen atoms in total. The lowest BCUT2D eigenvalue weighted by Gasteiger charge is -2.17. The van der Waals surface area contributed by atoms with E-state index in [-0.39, 0.29) is 11.2 Å². The minimum absolute atomic E-state index is 0.0896. The number of thioether (sulfide) groups is 1. The van der Waals surface area contributed by atoms with Crippen molar-refractivity contribution >= 4 is 45.5 Å². The van der Waals surface area contributed by atoms with Crippen molar-refractivity contribution in [2.75, 3.05) is 19.0 Å². The summed E-state index contributed by atoms with van der Waals surface area (Å²) in [7, 11) is 4.03. The third kappa shape index (κ3) is 5.45. The second-order valence-corrected chi connectivity index (χ2v) is 9.59. The second-order valence-electron chi connectivity index (χ2n) is 8.42. The summed E-state index contributed by atoms with van der Waals surface area (Å²) < 4.78 is 0. The Morgan fingerprint density at radius 3 is 2.55 bits per heavy atom. The Kier molecular flexibility index (Phi) is 7.45. The summed E-state index contributed by atoms with van der Waals surface area (Å²) in [6.45, 7) is 2.65. The molecule has 1 aliphatic heterocycles. The molecule has 1 heterocycles. The zero-order valence-electron chi connectivity index (χ0n) is 19.4. The van der Waals surface area contributed by atoms with Crippen LogP contribution in [0.4, 0.5) is 5.69 Å². The van der Waals surface area contributed by atoms with E-state index in [1.54, 1.807) is 11.1 Å². The molecule has 1 unspecified atom stereocenters. The summed E-state index contributed by atoms with van der Waals surface area (Å²) in [5, 5.41) is 11.7. The molecule has 1 fully saturated rings. The van der Waals surface area contributed by atoms with Gasteiger partial charge in [0.05, 0.1) is 18.0 Å². The van der Waals surface area contributed by atoms with Gasteiger partial charge in [0.25, 0.3) is 0 Å². The molecule has 0 radical (unpaired) electrons. The van der Waals surface area contributed by atoms with Crippen molar-refractivity contribution in [1.82, 2.24) is 4.90 Å². The molecule has 6 heteroatoms. The van der Waals surface area contributed by atoms with Crippen LogP contribution in [-0.2, 0) is 11.3 Å². The first-order valence-electron chi connectivity index (χ1n) is 11.4. The first kappa shape index (κ1) is 23.1. The summed E-state index contributed by atoms with van der Waals surface area (Å²) in [4.78, 5) is 17.1. The second kappa shape index (κ2) is 10.7. The predicted molar refractivity (Wildman–Crippen MR) is 141 cm³/mol. The molecule has 0 N–H and O–H groups in total. The molecule has 0 aromatic heterocycles. The molecule has 1 aliphatic rings. The number of hydrogen-bond acceptors (Lipinski definition) is 5. The molecule has 1 saturated heterocycles. The average molecular weight is 459 g/mol. The summed E-state index contributed by atoms with van der Waals surface area (Å²) in [6.07, 6.45) is 4.70. The van der Waals surface area contributed by atoms with Gasteiger partial charge in [-0.2, -0.15) is 5.10 Å². The van der Waals surface area contributed by atoms with Crippen LogP contribution < -0.4 is 4.90 Å². The van der Waals surface area contributed by atoms with Crippen LogP contribution in [0.3, 0.4) is 0 Å². The Balaban J connectivity index is 1.58. The Labute approximate surface area is 200 Å². The monoisotopic (exact) mass is 458 g/mol. The van der Waals surface area contributed by atoms with Crippen molar-refractivity contribution in [2.24, 2.45) is 10.2 Å². The molecule has 170 valence electrons. The van der Waals surface area contributed by atoms with Crippen molar-refractivity contribution in [3.63, 3.8) is 0 Å². The van der Waals surface area contributed by atoms with Crippen LogP contribution in [0.25, 0.3) is 10.8 Å². The molecule has 0 aliphatic carbocycles. The van der Waals surface area contributed by atoms with Crippen molar-refractivity contribution in [2.45, 2.75) is 38.0 Å². The number of rotatable bonds is 8. The van der Waals surface area contributed by atoms with Crippen LogP contribution in [-0.4, -0.2) is 41.5 Å². The van der Waals surface area contributed by atoms with Gasteiger partial charge in [-0.25, -0.2) is 0 Å². The summed E-state index contributed by atoms with van der Waals surface area (Å²) in [5.74, 6) is 0.130. The van der Waals surface area contributed by atoms with Gasteiger partial charge in [0.1, 0.15) is 0 Å². The van der Waals surface area contributed by atoms with Crippen LogP contribution in [0.1, 0.15) is 37.3 Å². The van der Waals surface area contributed by atoms with Crippen LogP contribution in [0.5, 0.6) is 0 Å². The zero-order valence-corrected chi connectivity index (χ0v) is 20.3. The van der Waals surface area contributed by atoms with E-state index in [4.69, 9.17) is 0 Å². The average Bonchev–Trinajstić information content (AvgIpc) is 3.12. The van der Waals surface area contributed by atoms with E-state index in [9.17, 15) is 4.79 Å². The minimum atomic E-state index is -0.0896. The number of amides is 1. The van der Waals surface area contributed by atoms with Gasteiger partial charge in [0.15, 0.2) is 5.17 Å². The highest BCUT2D eigenvalue weighted by molar-refractivity contribution is 8.15. The lowest BCUT2D eigenvalue weighted by Crippen LogP contribution is -2.31. The van der Waals surface area contributed by atoms with E-state index in [1.165, 1.54) is 22.5 Å². The molecular formula is C27H30N4OS. The SMILES string of the molecule is CCCCC1S/C(=N\N=C\c2ccc(N(C)C)cc2)N(Cc2cccc3ccccc23)C1=O. The van der Waals surface area contributed by atoms with Crippen molar-refractivity contribution < 1.29 is 4.79 Å². The van der Waals surface area contributed by atoms with Gasteiger partial charge in [-0.3, -0.25) is 9.69 Å². The summed E-state index contributed by atoms with van der Waals surface area (Å²) >= 11 is 1.54. The normalized spacial score (nSPS) is 17.5. The first-order valence-corrected chi connectivity index (χ1v) is 12.3. The Hall–Kier alpha value is -3.12. The third-order valence-corrected chi connectivity index (χ3v) is 7.04. The van der Waals surface area contributed by atoms with Gasteiger partial charge >= 0.3 is 0 Å². The maximum atomic E-state index is 13.3. The Morgan fingerprint density at radius 1 is 1.03 bits per heavy atom. The number of amidine groups is 1. The van der Waals surface area contributed by atoms with Gasteiger partial charge < -0.3 is 4.90 Å². The fourth-order valence-electron chi connectivity index (χ4n) is 3.91. The zero-order chi connectivity index (χ0) is 23.2. The van der Waals surface area contributed by atoms with Gasteiger partial charge in [-0.1, -0.05) is 86.1 Å². The maximum Gasteiger partial charge on any atom is 0.242 e. The Bertz CT molecular complexity index is 1160. The molecule has 3 aromatic carbocycles. The fourth-order valence-corrected chi connectivity index (χ4v) is 5.05. The predicted octanol–water partition coefficient (Wildman–Crippen LogP) is 5.93. The lowest BCUT2D eigenvalue weighted by molar-refractivity contribution is -0.126. The Morgan fingerprint density at radius 2 is 1.79 bits per heavy atom. The minimum Gasteiger partial charge on any atom is -0.378 e. The highest BCUT2D eigenvalue weighted by atomic mass is 32.2. The van der Waals surface area contributed by atoms with E-state index < -0.39 is 0 Å². The van der Waals surface area contributed by atoms with E-state index in [2.05, 4.69) is 58.4 Å². The number of carbonyl (C=O) groups is 1. The van der Waals surface area contributed by atoms with Crippen LogP contribution in [0, 0.1) is 0 Å². The number of anilines is 1. The molecule has 0 saturated carbocycles. The van der Waals surface area contributed by atoms with E-state index in [0.717, 1.165) is 36.1 Å². The lowest BCUT2D eigenvalue weighted by atomic mass is 10.0.